The second-order valence-corrected chi connectivity index (χ2v) is 6.83. The van der Waals surface area contributed by atoms with E-state index in [0.717, 1.165) is 22.2 Å². The van der Waals surface area contributed by atoms with Gasteiger partial charge in [0.2, 0.25) is 0 Å². The highest BCUT2D eigenvalue weighted by Gasteiger charge is 2.18. The third-order valence-electron chi connectivity index (χ3n) is 4.11. The van der Waals surface area contributed by atoms with E-state index in [4.69, 9.17) is 4.42 Å². The second-order valence-electron chi connectivity index (χ2n) is 5.92. The minimum Gasteiger partial charge on any atom is -0.467 e. The fourth-order valence-corrected chi connectivity index (χ4v) is 2.93. The normalized spacial score (nSPS) is 10.6. The monoisotopic (exact) mass is 397 g/mol. The first-order valence-electron chi connectivity index (χ1n) is 8.30. The number of amides is 1. The molecule has 128 valence electrons. The van der Waals surface area contributed by atoms with Gasteiger partial charge in [0.05, 0.1) is 12.8 Å². The molecule has 0 aliphatic heterocycles. The van der Waals surface area contributed by atoms with Crippen molar-refractivity contribution in [3.8, 4) is 0 Å². The Morgan fingerprint density at radius 3 is 2.24 bits per heavy atom. The highest BCUT2D eigenvalue weighted by atomic mass is 79.9. The van der Waals surface area contributed by atoms with Crippen molar-refractivity contribution in [3.05, 3.63) is 93.9 Å². The number of furan rings is 1. The molecule has 3 aromatic rings. The Morgan fingerprint density at radius 2 is 1.64 bits per heavy atom. The molecule has 0 bridgehead atoms. The maximum Gasteiger partial charge on any atom is 0.254 e. The molecular weight excluding hydrogens is 378 g/mol. The molecule has 0 saturated carbocycles. The molecular formula is C21H20BrNO2. The van der Waals surface area contributed by atoms with Crippen molar-refractivity contribution >= 4 is 21.8 Å². The average Bonchev–Trinajstić information content (AvgIpc) is 3.15. The zero-order chi connectivity index (χ0) is 17.6. The van der Waals surface area contributed by atoms with Crippen LogP contribution in [0, 0.1) is 0 Å². The summed E-state index contributed by atoms with van der Waals surface area (Å²) in [6.45, 7) is 3.12. The molecule has 4 heteroatoms. The lowest BCUT2D eigenvalue weighted by molar-refractivity contribution is 0.0717. The van der Waals surface area contributed by atoms with Crippen LogP contribution >= 0.6 is 15.9 Å². The van der Waals surface area contributed by atoms with Crippen molar-refractivity contribution in [2.24, 2.45) is 0 Å². The van der Waals surface area contributed by atoms with E-state index < -0.39 is 0 Å². The molecule has 0 N–H and O–H groups in total. The topological polar surface area (TPSA) is 33.5 Å². The van der Waals surface area contributed by atoms with E-state index in [2.05, 4.69) is 47.1 Å². The van der Waals surface area contributed by atoms with Crippen molar-refractivity contribution < 1.29 is 9.21 Å². The molecule has 1 aromatic heterocycles. The lowest BCUT2D eigenvalue weighted by Crippen LogP contribution is -2.30. The lowest BCUT2D eigenvalue weighted by atomic mass is 10.1. The van der Waals surface area contributed by atoms with Crippen LogP contribution in [0.1, 0.15) is 34.2 Å². The summed E-state index contributed by atoms with van der Waals surface area (Å²) >= 11 is 3.41. The Balaban J connectivity index is 1.83. The number of rotatable bonds is 6. The second kappa shape index (κ2) is 8.17. The Kier molecular flexibility index (Phi) is 5.71. The molecule has 0 atom stereocenters. The van der Waals surface area contributed by atoms with Crippen LogP contribution in [-0.2, 0) is 19.5 Å². The molecule has 25 heavy (non-hydrogen) atoms. The van der Waals surface area contributed by atoms with Gasteiger partial charge in [-0.05, 0) is 53.9 Å². The highest BCUT2D eigenvalue weighted by Crippen LogP contribution is 2.17. The summed E-state index contributed by atoms with van der Waals surface area (Å²) < 4.78 is 6.40. The number of hydrogen-bond acceptors (Lipinski definition) is 2. The quantitative estimate of drug-likeness (QED) is 0.554. The molecule has 1 heterocycles. The summed E-state index contributed by atoms with van der Waals surface area (Å²) in [6, 6.07) is 19.6. The minimum absolute atomic E-state index is 0.0107. The van der Waals surface area contributed by atoms with E-state index in [1.165, 1.54) is 5.56 Å². The largest absolute Gasteiger partial charge is 0.467 e. The molecule has 0 saturated heterocycles. The van der Waals surface area contributed by atoms with Crippen molar-refractivity contribution in [1.29, 1.82) is 0 Å². The van der Waals surface area contributed by atoms with Crippen LogP contribution in [0.4, 0.5) is 0 Å². The van der Waals surface area contributed by atoms with Crippen molar-refractivity contribution in [1.82, 2.24) is 4.90 Å². The summed E-state index contributed by atoms with van der Waals surface area (Å²) in [5.74, 6) is 0.763. The van der Waals surface area contributed by atoms with E-state index in [-0.39, 0.29) is 5.91 Å². The van der Waals surface area contributed by atoms with Gasteiger partial charge in [0.1, 0.15) is 5.76 Å². The van der Waals surface area contributed by atoms with Gasteiger partial charge in [-0.1, -0.05) is 47.1 Å². The van der Waals surface area contributed by atoms with E-state index in [9.17, 15) is 4.79 Å². The predicted molar refractivity (Wildman–Crippen MR) is 102 cm³/mol. The van der Waals surface area contributed by atoms with Gasteiger partial charge in [0.15, 0.2) is 0 Å². The smallest absolute Gasteiger partial charge is 0.254 e. The number of carbonyl (C=O) groups is 1. The summed E-state index contributed by atoms with van der Waals surface area (Å²) in [6.07, 6.45) is 2.64. The third kappa shape index (κ3) is 4.60. The SMILES string of the molecule is CCc1ccc(CN(Cc2ccco2)C(=O)c2ccc(Br)cc2)cc1. The van der Waals surface area contributed by atoms with Crippen molar-refractivity contribution in [2.45, 2.75) is 26.4 Å². The van der Waals surface area contributed by atoms with Gasteiger partial charge < -0.3 is 9.32 Å². The molecule has 0 aliphatic rings. The first-order chi connectivity index (χ1) is 12.2. The van der Waals surface area contributed by atoms with Gasteiger partial charge in [-0.25, -0.2) is 0 Å². The lowest BCUT2D eigenvalue weighted by Gasteiger charge is -2.22. The van der Waals surface area contributed by atoms with E-state index >= 15 is 0 Å². The number of nitrogens with zero attached hydrogens (tertiary/aromatic N) is 1. The van der Waals surface area contributed by atoms with Crippen LogP contribution in [0.5, 0.6) is 0 Å². The van der Waals surface area contributed by atoms with E-state index in [0.29, 0.717) is 18.7 Å². The maximum atomic E-state index is 13.0. The Hall–Kier alpha value is -2.33. The predicted octanol–water partition coefficient (Wildman–Crippen LogP) is 5.45. The summed E-state index contributed by atoms with van der Waals surface area (Å²) in [7, 11) is 0. The van der Waals surface area contributed by atoms with Crippen LogP contribution in [0.25, 0.3) is 0 Å². The Labute approximate surface area is 156 Å². The van der Waals surface area contributed by atoms with Crippen LogP contribution in [0.2, 0.25) is 0 Å². The zero-order valence-corrected chi connectivity index (χ0v) is 15.7. The molecule has 3 nitrogen and oxygen atoms in total. The van der Waals surface area contributed by atoms with Crippen LogP contribution < -0.4 is 0 Å². The molecule has 1 amide bonds. The van der Waals surface area contributed by atoms with Crippen LogP contribution in [-0.4, -0.2) is 10.8 Å². The van der Waals surface area contributed by atoms with Gasteiger partial charge in [0.25, 0.3) is 5.91 Å². The number of benzene rings is 2. The van der Waals surface area contributed by atoms with Gasteiger partial charge in [0, 0.05) is 16.6 Å². The fraction of sp³-hybridized carbons (Fsp3) is 0.190. The standard InChI is InChI=1S/C21H20BrNO2/c1-2-16-5-7-17(8-6-16)14-23(15-20-4-3-13-25-20)21(24)18-9-11-19(22)12-10-18/h3-13H,2,14-15H2,1H3. The zero-order valence-electron chi connectivity index (χ0n) is 14.1. The van der Waals surface area contributed by atoms with Crippen LogP contribution in [0.15, 0.2) is 75.8 Å². The number of halogens is 1. The van der Waals surface area contributed by atoms with Crippen molar-refractivity contribution in [2.75, 3.05) is 0 Å². The fourth-order valence-electron chi connectivity index (χ4n) is 2.67. The molecule has 0 aliphatic carbocycles. The van der Waals surface area contributed by atoms with Gasteiger partial charge in [-0.3, -0.25) is 4.79 Å². The molecule has 0 unspecified atom stereocenters. The van der Waals surface area contributed by atoms with Crippen molar-refractivity contribution in [3.63, 3.8) is 0 Å². The minimum atomic E-state index is -0.0107. The van der Waals surface area contributed by atoms with Gasteiger partial charge >= 0.3 is 0 Å². The number of hydrogen-bond donors (Lipinski definition) is 0. The molecule has 3 rings (SSSR count). The molecule has 0 radical (unpaired) electrons. The highest BCUT2D eigenvalue weighted by molar-refractivity contribution is 9.10. The van der Waals surface area contributed by atoms with Gasteiger partial charge in [-0.2, -0.15) is 0 Å². The molecule has 0 fully saturated rings. The van der Waals surface area contributed by atoms with Gasteiger partial charge in [-0.15, -0.1) is 0 Å². The van der Waals surface area contributed by atoms with E-state index in [1.807, 2.05) is 41.3 Å². The Bertz CT molecular complexity index is 808. The summed E-state index contributed by atoms with van der Waals surface area (Å²) in [4.78, 5) is 14.8. The first-order valence-corrected chi connectivity index (χ1v) is 9.10. The van der Waals surface area contributed by atoms with Crippen LogP contribution in [0.3, 0.4) is 0 Å². The number of carbonyl (C=O) groups excluding carboxylic acids is 1. The molecule has 0 spiro atoms. The average molecular weight is 398 g/mol. The third-order valence-corrected chi connectivity index (χ3v) is 4.64. The first kappa shape index (κ1) is 17.5. The Morgan fingerprint density at radius 1 is 0.960 bits per heavy atom. The number of aryl methyl sites for hydroxylation is 1. The summed E-state index contributed by atoms with van der Waals surface area (Å²) in [5, 5.41) is 0. The summed E-state index contributed by atoms with van der Waals surface area (Å²) in [5.41, 5.74) is 3.06. The maximum absolute atomic E-state index is 13.0. The molecule has 2 aromatic carbocycles. The van der Waals surface area contributed by atoms with E-state index in [1.54, 1.807) is 6.26 Å².